The van der Waals surface area contributed by atoms with E-state index in [2.05, 4.69) is 11.1 Å². The lowest BCUT2D eigenvalue weighted by Gasteiger charge is -2.41. The number of allylic oxidation sites excluding steroid dienone is 2. The Balaban J connectivity index is 1.70. The van der Waals surface area contributed by atoms with E-state index in [1.54, 1.807) is 12.4 Å². The lowest BCUT2D eigenvalue weighted by molar-refractivity contribution is -0.197. The van der Waals surface area contributed by atoms with E-state index >= 15 is 0 Å². The first kappa shape index (κ1) is 19.6. The van der Waals surface area contributed by atoms with Crippen LogP contribution in [-0.2, 0) is 14.3 Å². The molecule has 1 aromatic carbocycles. The summed E-state index contributed by atoms with van der Waals surface area (Å²) in [7, 11) is 0. The highest BCUT2D eigenvalue weighted by molar-refractivity contribution is 5.82. The summed E-state index contributed by atoms with van der Waals surface area (Å²) in [6.07, 6.45) is 1.18. The fraction of sp³-hybridized carbons (Fsp3) is 0.409. The Kier molecular flexibility index (Phi) is 4.71. The highest BCUT2D eigenvalue weighted by Gasteiger charge is 2.53. The largest absolute Gasteiger partial charge is 0.491 e. The Labute approximate surface area is 165 Å². The van der Waals surface area contributed by atoms with E-state index in [1.807, 2.05) is 25.1 Å². The molecular formula is C22H20F3NO3. The highest BCUT2D eigenvalue weighted by Crippen LogP contribution is 2.61. The van der Waals surface area contributed by atoms with Crippen molar-refractivity contribution >= 4 is 23.0 Å². The summed E-state index contributed by atoms with van der Waals surface area (Å²) in [5, 5.41) is 2.07. The van der Waals surface area contributed by atoms with Gasteiger partial charge in [0.1, 0.15) is 12.0 Å². The molecule has 7 heteroatoms. The molecule has 3 atom stereocenters. The van der Waals surface area contributed by atoms with Crippen LogP contribution in [0.3, 0.4) is 0 Å². The third kappa shape index (κ3) is 3.32. The van der Waals surface area contributed by atoms with Crippen LogP contribution < -0.4 is 0 Å². The SMILES string of the molecule is C[C@]12CCC(C=O)=C(OC(=O)C(F)(F)F)[C@H]1CC[C@@H]2c1ccc2ccncc2c1. The van der Waals surface area contributed by atoms with Gasteiger partial charge in [-0.2, -0.15) is 13.2 Å². The number of pyridine rings is 1. The van der Waals surface area contributed by atoms with Gasteiger partial charge in [0, 0.05) is 29.3 Å². The fourth-order valence-electron chi connectivity index (χ4n) is 5.04. The van der Waals surface area contributed by atoms with Gasteiger partial charge in [0.25, 0.3) is 0 Å². The number of ether oxygens (including phenoxy) is 1. The smallest absolute Gasteiger partial charge is 0.424 e. The first-order valence-electron chi connectivity index (χ1n) is 9.55. The number of fused-ring (bicyclic) bond motifs is 2. The van der Waals surface area contributed by atoms with Crippen LogP contribution in [0.5, 0.6) is 0 Å². The molecule has 2 aromatic rings. The fourth-order valence-corrected chi connectivity index (χ4v) is 5.04. The third-order valence-electron chi connectivity index (χ3n) is 6.55. The van der Waals surface area contributed by atoms with Gasteiger partial charge in [0.15, 0.2) is 0 Å². The number of rotatable bonds is 3. The number of aromatic nitrogens is 1. The van der Waals surface area contributed by atoms with Crippen LogP contribution >= 0.6 is 0 Å². The van der Waals surface area contributed by atoms with Crippen LogP contribution in [0.25, 0.3) is 10.8 Å². The van der Waals surface area contributed by atoms with Crippen LogP contribution in [0.1, 0.15) is 44.1 Å². The number of alkyl halides is 3. The molecule has 0 N–H and O–H groups in total. The third-order valence-corrected chi connectivity index (χ3v) is 6.55. The van der Waals surface area contributed by atoms with Crippen LogP contribution in [-0.4, -0.2) is 23.4 Å². The van der Waals surface area contributed by atoms with Gasteiger partial charge in [-0.15, -0.1) is 0 Å². The number of nitrogens with zero attached hydrogens (tertiary/aromatic N) is 1. The highest BCUT2D eigenvalue weighted by atomic mass is 19.4. The maximum atomic E-state index is 12.8. The second kappa shape index (κ2) is 6.97. The van der Waals surface area contributed by atoms with E-state index in [0.29, 0.717) is 25.5 Å². The minimum absolute atomic E-state index is 0.0879. The molecule has 1 heterocycles. The first-order chi connectivity index (χ1) is 13.7. The van der Waals surface area contributed by atoms with Gasteiger partial charge in [-0.1, -0.05) is 19.1 Å². The van der Waals surface area contributed by atoms with Crippen molar-refractivity contribution in [2.45, 2.75) is 44.7 Å². The predicted octanol–water partition coefficient (Wildman–Crippen LogP) is 5.09. The lowest BCUT2D eigenvalue weighted by atomic mass is 9.64. The summed E-state index contributed by atoms with van der Waals surface area (Å²) < 4.78 is 43.1. The average molecular weight is 403 g/mol. The molecule has 2 aliphatic carbocycles. The summed E-state index contributed by atoms with van der Waals surface area (Å²) in [5.41, 5.74) is 0.851. The van der Waals surface area contributed by atoms with Crippen LogP contribution in [0.4, 0.5) is 13.2 Å². The molecule has 0 aliphatic heterocycles. The first-order valence-corrected chi connectivity index (χ1v) is 9.55. The topological polar surface area (TPSA) is 56.3 Å². The molecule has 1 saturated carbocycles. The number of aldehydes is 1. The molecule has 2 aliphatic rings. The number of halogens is 3. The normalized spacial score (nSPS) is 27.0. The van der Waals surface area contributed by atoms with Crippen molar-refractivity contribution in [2.75, 3.05) is 0 Å². The summed E-state index contributed by atoms with van der Waals surface area (Å²) in [4.78, 5) is 27.1. The number of carbonyl (C=O) groups is 2. The van der Waals surface area contributed by atoms with Crippen molar-refractivity contribution < 1.29 is 27.5 Å². The number of carbonyl (C=O) groups excluding carboxylic acids is 2. The van der Waals surface area contributed by atoms with E-state index in [1.165, 1.54) is 0 Å². The van der Waals surface area contributed by atoms with Gasteiger partial charge in [-0.25, -0.2) is 4.79 Å². The Morgan fingerprint density at radius 3 is 2.69 bits per heavy atom. The van der Waals surface area contributed by atoms with E-state index in [0.717, 1.165) is 22.8 Å². The van der Waals surface area contributed by atoms with Crippen molar-refractivity contribution in [2.24, 2.45) is 11.3 Å². The van der Waals surface area contributed by atoms with Gasteiger partial charge in [0.2, 0.25) is 0 Å². The number of benzene rings is 1. The minimum atomic E-state index is -5.10. The molecule has 0 amide bonds. The molecular weight excluding hydrogens is 383 g/mol. The standard InChI is InChI=1S/C22H20F3NO3/c1-21-8-6-15(12-27)19(29-20(28)22(23,24)25)18(21)5-4-17(21)14-3-2-13-7-9-26-11-16(13)10-14/h2-3,7,9-12,17-18H,4-6,8H2,1H3/t17-,18-,21-/m1/s1. The maximum Gasteiger partial charge on any atom is 0.491 e. The number of esters is 1. The second-order valence-electron chi connectivity index (χ2n) is 8.07. The molecule has 1 aromatic heterocycles. The second-order valence-corrected chi connectivity index (χ2v) is 8.07. The van der Waals surface area contributed by atoms with Crippen molar-refractivity contribution in [3.05, 3.63) is 53.6 Å². The van der Waals surface area contributed by atoms with E-state index in [4.69, 9.17) is 4.74 Å². The van der Waals surface area contributed by atoms with Gasteiger partial charge in [0.05, 0.1) is 0 Å². The zero-order valence-corrected chi connectivity index (χ0v) is 15.8. The molecule has 152 valence electrons. The summed E-state index contributed by atoms with van der Waals surface area (Å²) in [6.45, 7) is 2.02. The molecule has 29 heavy (non-hydrogen) atoms. The molecule has 0 bridgehead atoms. The predicted molar refractivity (Wildman–Crippen MR) is 99.8 cm³/mol. The summed E-state index contributed by atoms with van der Waals surface area (Å²) in [6, 6.07) is 8.05. The van der Waals surface area contributed by atoms with Crippen LogP contribution in [0.15, 0.2) is 48.0 Å². The molecule has 4 nitrogen and oxygen atoms in total. The summed E-state index contributed by atoms with van der Waals surface area (Å²) in [5.74, 6) is -2.68. The van der Waals surface area contributed by atoms with Gasteiger partial charge in [-0.05, 0) is 60.1 Å². The van der Waals surface area contributed by atoms with Crippen LogP contribution in [0, 0.1) is 11.3 Å². The number of hydrogen-bond donors (Lipinski definition) is 0. The van der Waals surface area contributed by atoms with Crippen molar-refractivity contribution in [1.29, 1.82) is 0 Å². The lowest BCUT2D eigenvalue weighted by Crippen LogP contribution is -2.36. The van der Waals surface area contributed by atoms with Gasteiger partial charge >= 0.3 is 12.1 Å². The number of hydrogen-bond acceptors (Lipinski definition) is 4. The van der Waals surface area contributed by atoms with Gasteiger partial charge < -0.3 is 4.74 Å². The molecule has 4 rings (SSSR count). The Hall–Kier alpha value is -2.70. The van der Waals surface area contributed by atoms with E-state index < -0.39 is 23.5 Å². The monoisotopic (exact) mass is 403 g/mol. The molecule has 0 saturated heterocycles. The minimum Gasteiger partial charge on any atom is -0.424 e. The zero-order chi connectivity index (χ0) is 20.8. The molecule has 0 radical (unpaired) electrons. The Morgan fingerprint density at radius 2 is 1.97 bits per heavy atom. The van der Waals surface area contributed by atoms with Crippen LogP contribution in [0.2, 0.25) is 0 Å². The van der Waals surface area contributed by atoms with Crippen molar-refractivity contribution in [3.8, 4) is 0 Å². The maximum absolute atomic E-state index is 12.8. The average Bonchev–Trinajstić information content (AvgIpc) is 3.04. The van der Waals surface area contributed by atoms with Gasteiger partial charge in [-0.3, -0.25) is 9.78 Å². The zero-order valence-electron chi connectivity index (χ0n) is 15.8. The summed E-state index contributed by atoms with van der Waals surface area (Å²) >= 11 is 0. The Morgan fingerprint density at radius 1 is 1.21 bits per heavy atom. The van der Waals surface area contributed by atoms with E-state index in [-0.39, 0.29) is 17.3 Å². The quantitative estimate of drug-likeness (QED) is 0.529. The van der Waals surface area contributed by atoms with E-state index in [9.17, 15) is 22.8 Å². The van der Waals surface area contributed by atoms with Crippen molar-refractivity contribution in [1.82, 2.24) is 4.98 Å². The molecule has 0 spiro atoms. The van der Waals surface area contributed by atoms with Crippen molar-refractivity contribution in [3.63, 3.8) is 0 Å². The molecule has 0 unspecified atom stereocenters. The molecule has 1 fully saturated rings. The Bertz CT molecular complexity index is 1010.